The van der Waals surface area contributed by atoms with Crippen molar-refractivity contribution in [2.75, 3.05) is 23.7 Å². The molecule has 0 aliphatic heterocycles. The van der Waals surface area contributed by atoms with Crippen molar-refractivity contribution in [1.82, 2.24) is 14.7 Å². The molecule has 2 aromatic carbocycles. The van der Waals surface area contributed by atoms with Crippen LogP contribution in [-0.4, -0.2) is 37.0 Å². The molecule has 3 aromatic rings. The minimum atomic E-state index is -3.50. The van der Waals surface area contributed by atoms with Crippen molar-refractivity contribution in [2.24, 2.45) is 11.8 Å². The highest BCUT2D eigenvalue weighted by Gasteiger charge is 2.24. The van der Waals surface area contributed by atoms with Crippen molar-refractivity contribution in [3.05, 3.63) is 54.1 Å². The van der Waals surface area contributed by atoms with Crippen LogP contribution in [0.15, 0.2) is 53.4 Å². The summed E-state index contributed by atoms with van der Waals surface area (Å²) in [7, 11) is -3.50. The second-order valence-electron chi connectivity index (χ2n) is 12.7. The van der Waals surface area contributed by atoms with Gasteiger partial charge in [-0.2, -0.15) is 4.98 Å². The number of hydrogen-bond donors (Lipinski definition) is 3. The largest absolute Gasteiger partial charge is 0.365 e. The van der Waals surface area contributed by atoms with Gasteiger partial charge in [-0.05, 0) is 93.5 Å². The van der Waals surface area contributed by atoms with E-state index in [9.17, 15) is 8.42 Å². The third-order valence-electron chi connectivity index (χ3n) is 7.20. The van der Waals surface area contributed by atoms with Crippen LogP contribution < -0.4 is 15.4 Å². The van der Waals surface area contributed by atoms with Gasteiger partial charge in [0.15, 0.2) is 0 Å². The van der Waals surface area contributed by atoms with E-state index in [2.05, 4.69) is 56.9 Å². The number of nitrogens with zero attached hydrogens (tertiary/aromatic N) is 2. The second-order valence-corrected chi connectivity index (χ2v) is 14.4. The van der Waals surface area contributed by atoms with Gasteiger partial charge in [0, 0.05) is 24.0 Å². The highest BCUT2D eigenvalue weighted by Crippen LogP contribution is 2.30. The first-order valence-corrected chi connectivity index (χ1v) is 15.2. The lowest BCUT2D eigenvalue weighted by Gasteiger charge is -2.29. The van der Waals surface area contributed by atoms with E-state index in [4.69, 9.17) is 9.97 Å². The number of aromatic nitrogens is 2. The standard InChI is InChI=1S/C30H43N5O2S/c1-29(2,3)23-15-17-24(18-16-23)38(36,37)32-20-22-13-11-21(12-14-22)19-31-28-33-26-10-8-7-9-25(26)27(34-28)35-30(4,5)6/h7-10,15-18,21-22,32H,11-14,19-20H2,1-6H3,(H2,31,33,34,35)/t21-,22-. The number of nitrogens with one attached hydrogen (secondary N) is 3. The topological polar surface area (TPSA) is 96.0 Å². The molecule has 38 heavy (non-hydrogen) atoms. The van der Waals surface area contributed by atoms with Gasteiger partial charge in [-0.25, -0.2) is 18.1 Å². The third-order valence-corrected chi connectivity index (χ3v) is 8.64. The molecule has 1 aliphatic carbocycles. The average Bonchev–Trinajstić information content (AvgIpc) is 2.85. The molecule has 0 atom stereocenters. The predicted octanol–water partition coefficient (Wildman–Crippen LogP) is 6.33. The monoisotopic (exact) mass is 537 g/mol. The van der Waals surface area contributed by atoms with Crippen molar-refractivity contribution in [2.45, 2.75) is 83.1 Å². The second kappa shape index (κ2) is 11.2. The summed E-state index contributed by atoms with van der Waals surface area (Å²) in [6.07, 6.45) is 4.13. The molecule has 206 valence electrons. The molecule has 3 N–H and O–H groups in total. The normalized spacial score (nSPS) is 18.9. The predicted molar refractivity (Wildman–Crippen MR) is 157 cm³/mol. The summed E-state index contributed by atoms with van der Waals surface area (Å²) in [5.74, 6) is 2.36. The van der Waals surface area contributed by atoms with E-state index in [1.54, 1.807) is 12.1 Å². The first kappa shape index (κ1) is 28.3. The van der Waals surface area contributed by atoms with E-state index in [-0.39, 0.29) is 11.0 Å². The maximum absolute atomic E-state index is 12.8. The van der Waals surface area contributed by atoms with Crippen LogP contribution >= 0.6 is 0 Å². The van der Waals surface area contributed by atoms with Crippen LogP contribution in [0.2, 0.25) is 0 Å². The van der Waals surface area contributed by atoms with Gasteiger partial charge >= 0.3 is 0 Å². The fourth-order valence-electron chi connectivity index (χ4n) is 4.93. The number of anilines is 2. The van der Waals surface area contributed by atoms with Crippen LogP contribution in [0.4, 0.5) is 11.8 Å². The molecule has 8 heteroatoms. The average molecular weight is 538 g/mol. The summed E-state index contributed by atoms with van der Waals surface area (Å²) < 4.78 is 28.5. The molecule has 1 heterocycles. The Hall–Kier alpha value is -2.71. The summed E-state index contributed by atoms with van der Waals surface area (Å²) in [5, 5.41) is 7.99. The molecule has 0 saturated heterocycles. The van der Waals surface area contributed by atoms with E-state index < -0.39 is 10.0 Å². The molecule has 1 aliphatic rings. The van der Waals surface area contributed by atoms with Crippen molar-refractivity contribution >= 4 is 32.7 Å². The number of sulfonamides is 1. The number of benzene rings is 2. The minimum absolute atomic E-state index is 0.00472. The molecule has 0 unspecified atom stereocenters. The van der Waals surface area contributed by atoms with Crippen molar-refractivity contribution < 1.29 is 8.42 Å². The number of fused-ring (bicyclic) bond motifs is 1. The Morgan fingerprint density at radius 3 is 2.03 bits per heavy atom. The van der Waals surface area contributed by atoms with E-state index in [1.807, 2.05) is 36.4 Å². The van der Waals surface area contributed by atoms with Crippen LogP contribution in [0.3, 0.4) is 0 Å². The smallest absolute Gasteiger partial charge is 0.240 e. The quantitative estimate of drug-likeness (QED) is 0.311. The van der Waals surface area contributed by atoms with Crippen molar-refractivity contribution in [3.8, 4) is 0 Å². The van der Waals surface area contributed by atoms with Crippen LogP contribution in [0.1, 0.15) is 72.8 Å². The number of rotatable bonds is 8. The Bertz CT molecular complexity index is 1330. The highest BCUT2D eigenvalue weighted by atomic mass is 32.2. The van der Waals surface area contributed by atoms with E-state index in [1.165, 1.54) is 0 Å². The zero-order chi connectivity index (χ0) is 27.6. The first-order chi connectivity index (χ1) is 17.8. The molecule has 0 bridgehead atoms. The van der Waals surface area contributed by atoms with Crippen molar-refractivity contribution in [1.29, 1.82) is 0 Å². The molecular weight excluding hydrogens is 494 g/mol. The fourth-order valence-corrected chi connectivity index (χ4v) is 6.04. The van der Waals surface area contributed by atoms with Gasteiger partial charge in [0.1, 0.15) is 5.82 Å². The number of hydrogen-bond acceptors (Lipinski definition) is 6. The Labute approximate surface area is 228 Å². The molecule has 0 spiro atoms. The summed E-state index contributed by atoms with van der Waals surface area (Å²) in [5.41, 5.74) is 1.93. The maximum Gasteiger partial charge on any atom is 0.240 e. The zero-order valence-electron chi connectivity index (χ0n) is 23.6. The molecule has 0 amide bonds. The van der Waals surface area contributed by atoms with E-state index >= 15 is 0 Å². The lowest BCUT2D eigenvalue weighted by Crippen LogP contribution is -2.32. The van der Waals surface area contributed by atoms with Gasteiger partial charge in [0.05, 0.1) is 10.4 Å². The summed E-state index contributed by atoms with van der Waals surface area (Å²) in [6.45, 7) is 14.0. The van der Waals surface area contributed by atoms with Crippen LogP contribution in [-0.2, 0) is 15.4 Å². The summed E-state index contributed by atoms with van der Waals surface area (Å²) in [4.78, 5) is 9.84. The Balaban J connectivity index is 1.29. The Morgan fingerprint density at radius 2 is 1.42 bits per heavy atom. The highest BCUT2D eigenvalue weighted by molar-refractivity contribution is 7.89. The SMILES string of the molecule is CC(C)(C)Nc1nc(NC[C@H]2CC[C@H](CNS(=O)(=O)c3ccc(C(C)(C)C)cc3)CC2)nc2ccccc12. The molecule has 1 saturated carbocycles. The molecular formula is C30H43N5O2S. The maximum atomic E-state index is 12.8. The lowest BCUT2D eigenvalue weighted by atomic mass is 9.82. The van der Waals surface area contributed by atoms with E-state index in [0.29, 0.717) is 29.2 Å². The van der Waals surface area contributed by atoms with E-state index in [0.717, 1.165) is 54.5 Å². The van der Waals surface area contributed by atoms with Gasteiger partial charge in [0.25, 0.3) is 0 Å². The summed E-state index contributed by atoms with van der Waals surface area (Å²) in [6, 6.07) is 15.3. The molecule has 1 fully saturated rings. The Kier molecular flexibility index (Phi) is 8.33. The molecule has 7 nitrogen and oxygen atoms in total. The van der Waals surface area contributed by atoms with Gasteiger partial charge in [-0.15, -0.1) is 0 Å². The fraction of sp³-hybridized carbons (Fsp3) is 0.533. The Morgan fingerprint density at radius 1 is 0.816 bits per heavy atom. The molecule has 4 rings (SSSR count). The van der Waals surface area contributed by atoms with Gasteiger partial charge in [-0.1, -0.05) is 45.0 Å². The minimum Gasteiger partial charge on any atom is -0.365 e. The van der Waals surface area contributed by atoms with Crippen LogP contribution in [0.25, 0.3) is 10.9 Å². The molecule has 1 aromatic heterocycles. The van der Waals surface area contributed by atoms with Crippen LogP contribution in [0, 0.1) is 11.8 Å². The zero-order valence-corrected chi connectivity index (χ0v) is 24.5. The van der Waals surface area contributed by atoms with Crippen LogP contribution in [0.5, 0.6) is 0 Å². The van der Waals surface area contributed by atoms with Gasteiger partial charge < -0.3 is 10.6 Å². The molecule has 0 radical (unpaired) electrons. The van der Waals surface area contributed by atoms with Crippen molar-refractivity contribution in [3.63, 3.8) is 0 Å². The van der Waals surface area contributed by atoms with Gasteiger partial charge in [0.2, 0.25) is 16.0 Å². The number of para-hydroxylation sites is 1. The lowest BCUT2D eigenvalue weighted by molar-refractivity contribution is 0.284. The van der Waals surface area contributed by atoms with Gasteiger partial charge in [-0.3, -0.25) is 0 Å². The third kappa shape index (κ3) is 7.44. The first-order valence-electron chi connectivity index (χ1n) is 13.7. The summed E-state index contributed by atoms with van der Waals surface area (Å²) >= 11 is 0.